The number of benzene rings is 1. The van der Waals surface area contributed by atoms with Crippen LogP contribution >= 0.6 is 15.9 Å². The van der Waals surface area contributed by atoms with Gasteiger partial charge in [-0.15, -0.1) is 0 Å². The minimum absolute atomic E-state index is 0.0788. The predicted molar refractivity (Wildman–Crippen MR) is 62.2 cm³/mol. The maximum absolute atomic E-state index is 10.5. The molecule has 1 N–H and O–H groups in total. The van der Waals surface area contributed by atoms with Gasteiger partial charge < -0.3 is 4.98 Å². The third-order valence-corrected chi connectivity index (χ3v) is 2.90. The molecule has 0 spiro atoms. The number of nitrogens with one attached hydrogen (secondary N) is 1. The van der Waals surface area contributed by atoms with Crippen LogP contribution in [-0.2, 0) is 6.42 Å². The van der Waals surface area contributed by atoms with Gasteiger partial charge in [-0.2, -0.15) is 0 Å². The average molecular weight is 282 g/mol. The first-order valence-corrected chi connectivity index (χ1v) is 5.37. The average Bonchev–Trinajstić information content (AvgIpc) is 2.73. The number of aromatic nitrogens is 2. The number of imidazole rings is 1. The Kier molecular flexibility index (Phi) is 3.00. The zero-order chi connectivity index (χ0) is 11.5. The summed E-state index contributed by atoms with van der Waals surface area (Å²) in [5.41, 5.74) is 1.04. The smallest absolute Gasteiger partial charge is 0.270 e. The number of hydrogen-bond donors (Lipinski definition) is 1. The second-order valence-electron chi connectivity index (χ2n) is 3.25. The van der Waals surface area contributed by atoms with Crippen molar-refractivity contribution >= 4 is 21.6 Å². The van der Waals surface area contributed by atoms with E-state index in [-0.39, 0.29) is 5.69 Å². The molecular formula is C10H8BrN3O2. The van der Waals surface area contributed by atoms with Crippen molar-refractivity contribution < 1.29 is 4.92 Å². The molecule has 1 aromatic heterocycles. The van der Waals surface area contributed by atoms with Gasteiger partial charge in [-0.25, -0.2) is 4.98 Å². The first kappa shape index (κ1) is 10.8. The van der Waals surface area contributed by atoms with E-state index in [0.717, 1.165) is 15.9 Å². The third kappa shape index (κ3) is 2.27. The highest BCUT2D eigenvalue weighted by Gasteiger charge is 2.09. The highest BCUT2D eigenvalue weighted by atomic mass is 79.9. The SMILES string of the molecule is O=[N+]([O-])c1ccc(Cc2ncc[nH]2)c(Br)c1. The van der Waals surface area contributed by atoms with Crippen LogP contribution in [0.25, 0.3) is 0 Å². The van der Waals surface area contributed by atoms with Crippen LogP contribution in [0.5, 0.6) is 0 Å². The van der Waals surface area contributed by atoms with Crippen molar-refractivity contribution in [1.82, 2.24) is 9.97 Å². The first-order valence-electron chi connectivity index (χ1n) is 4.58. The number of halogens is 1. The summed E-state index contributed by atoms with van der Waals surface area (Å²) < 4.78 is 0.720. The topological polar surface area (TPSA) is 71.8 Å². The van der Waals surface area contributed by atoms with Crippen molar-refractivity contribution in [3.05, 3.63) is 56.6 Å². The van der Waals surface area contributed by atoms with Gasteiger partial charge in [0, 0.05) is 35.4 Å². The van der Waals surface area contributed by atoms with Crippen LogP contribution in [-0.4, -0.2) is 14.9 Å². The Morgan fingerprint density at radius 2 is 2.31 bits per heavy atom. The number of H-pyrrole nitrogens is 1. The molecule has 0 aliphatic carbocycles. The third-order valence-electron chi connectivity index (χ3n) is 2.16. The Bertz CT molecular complexity index is 511. The van der Waals surface area contributed by atoms with Crippen LogP contribution in [0.1, 0.15) is 11.4 Å². The molecule has 0 atom stereocenters. The highest BCUT2D eigenvalue weighted by molar-refractivity contribution is 9.10. The van der Waals surface area contributed by atoms with E-state index in [4.69, 9.17) is 0 Å². The summed E-state index contributed by atoms with van der Waals surface area (Å²) in [6, 6.07) is 4.71. The molecule has 0 bridgehead atoms. The van der Waals surface area contributed by atoms with Crippen LogP contribution in [0.3, 0.4) is 0 Å². The van der Waals surface area contributed by atoms with Gasteiger partial charge in [0.25, 0.3) is 5.69 Å². The molecular weight excluding hydrogens is 274 g/mol. The van der Waals surface area contributed by atoms with Gasteiger partial charge in [0.15, 0.2) is 0 Å². The van der Waals surface area contributed by atoms with E-state index in [1.807, 2.05) is 0 Å². The predicted octanol–water partition coefficient (Wildman–Crippen LogP) is 2.67. The molecule has 0 unspecified atom stereocenters. The van der Waals surface area contributed by atoms with Crippen molar-refractivity contribution in [3.8, 4) is 0 Å². The van der Waals surface area contributed by atoms with Crippen molar-refractivity contribution in [2.75, 3.05) is 0 Å². The molecule has 0 aliphatic heterocycles. The van der Waals surface area contributed by atoms with Gasteiger partial charge in [-0.3, -0.25) is 10.1 Å². The number of nitro benzene ring substituents is 1. The van der Waals surface area contributed by atoms with Crippen molar-refractivity contribution in [3.63, 3.8) is 0 Å². The maximum Gasteiger partial charge on any atom is 0.270 e. The van der Waals surface area contributed by atoms with Gasteiger partial charge >= 0.3 is 0 Å². The fraction of sp³-hybridized carbons (Fsp3) is 0.100. The number of rotatable bonds is 3. The monoisotopic (exact) mass is 281 g/mol. The fourth-order valence-electron chi connectivity index (χ4n) is 1.37. The molecule has 1 heterocycles. The molecule has 0 aliphatic rings. The van der Waals surface area contributed by atoms with Crippen LogP contribution < -0.4 is 0 Å². The molecule has 0 amide bonds. The fourth-order valence-corrected chi connectivity index (χ4v) is 1.88. The molecule has 1 aromatic carbocycles. The van der Waals surface area contributed by atoms with Gasteiger partial charge in [-0.1, -0.05) is 22.0 Å². The largest absolute Gasteiger partial charge is 0.348 e. The number of hydrogen-bond acceptors (Lipinski definition) is 3. The molecule has 6 heteroatoms. The standard InChI is InChI=1S/C10H8BrN3O2/c11-9-6-8(14(15)16)2-1-7(9)5-10-12-3-4-13-10/h1-4,6H,5H2,(H,12,13). The molecule has 0 saturated heterocycles. The highest BCUT2D eigenvalue weighted by Crippen LogP contribution is 2.24. The van der Waals surface area contributed by atoms with E-state index < -0.39 is 4.92 Å². The number of aromatic amines is 1. The zero-order valence-corrected chi connectivity index (χ0v) is 9.77. The van der Waals surface area contributed by atoms with Crippen molar-refractivity contribution in [2.24, 2.45) is 0 Å². The lowest BCUT2D eigenvalue weighted by atomic mass is 10.1. The lowest BCUT2D eigenvalue weighted by molar-refractivity contribution is -0.384. The summed E-state index contributed by atoms with van der Waals surface area (Å²) in [6.45, 7) is 0. The second-order valence-corrected chi connectivity index (χ2v) is 4.10. The lowest BCUT2D eigenvalue weighted by Crippen LogP contribution is -1.94. The Balaban J connectivity index is 2.26. The molecule has 0 saturated carbocycles. The van der Waals surface area contributed by atoms with Crippen LogP contribution in [0.4, 0.5) is 5.69 Å². The minimum Gasteiger partial charge on any atom is -0.348 e. The summed E-state index contributed by atoms with van der Waals surface area (Å²) in [5, 5.41) is 10.5. The lowest BCUT2D eigenvalue weighted by Gasteiger charge is -2.01. The Hall–Kier alpha value is -1.69. The van der Waals surface area contributed by atoms with Gasteiger partial charge in [-0.05, 0) is 5.56 Å². The maximum atomic E-state index is 10.5. The molecule has 0 radical (unpaired) electrons. The molecule has 2 rings (SSSR count). The Morgan fingerprint density at radius 1 is 1.50 bits per heavy atom. The molecule has 2 aromatic rings. The molecule has 0 fully saturated rings. The van der Waals surface area contributed by atoms with E-state index in [2.05, 4.69) is 25.9 Å². The van der Waals surface area contributed by atoms with Crippen molar-refractivity contribution in [2.45, 2.75) is 6.42 Å². The normalized spacial score (nSPS) is 10.3. The van der Waals surface area contributed by atoms with E-state index in [1.54, 1.807) is 18.5 Å². The van der Waals surface area contributed by atoms with Crippen LogP contribution in [0, 0.1) is 10.1 Å². The molecule has 5 nitrogen and oxygen atoms in total. The minimum atomic E-state index is -0.415. The summed E-state index contributed by atoms with van der Waals surface area (Å²) in [5.74, 6) is 0.828. The number of nitro groups is 1. The van der Waals surface area contributed by atoms with Gasteiger partial charge in [0.05, 0.1) is 4.92 Å². The van der Waals surface area contributed by atoms with E-state index in [1.165, 1.54) is 12.1 Å². The Morgan fingerprint density at radius 3 is 2.88 bits per heavy atom. The van der Waals surface area contributed by atoms with Gasteiger partial charge in [0.1, 0.15) is 5.82 Å². The van der Waals surface area contributed by atoms with Gasteiger partial charge in [0.2, 0.25) is 0 Å². The molecule has 82 valence electrons. The molecule has 16 heavy (non-hydrogen) atoms. The summed E-state index contributed by atoms with van der Waals surface area (Å²) in [6.07, 6.45) is 4.04. The van der Waals surface area contributed by atoms with E-state index >= 15 is 0 Å². The van der Waals surface area contributed by atoms with E-state index in [0.29, 0.717) is 6.42 Å². The second kappa shape index (κ2) is 4.44. The quantitative estimate of drug-likeness (QED) is 0.694. The Labute approximate surface area is 99.8 Å². The van der Waals surface area contributed by atoms with Crippen LogP contribution in [0.15, 0.2) is 35.1 Å². The summed E-state index contributed by atoms with van der Waals surface area (Å²) >= 11 is 3.32. The summed E-state index contributed by atoms with van der Waals surface area (Å²) in [4.78, 5) is 17.2. The van der Waals surface area contributed by atoms with E-state index in [9.17, 15) is 10.1 Å². The summed E-state index contributed by atoms with van der Waals surface area (Å²) in [7, 11) is 0. The number of nitrogens with zero attached hydrogens (tertiary/aromatic N) is 2. The van der Waals surface area contributed by atoms with Crippen molar-refractivity contribution in [1.29, 1.82) is 0 Å². The first-order chi connectivity index (χ1) is 7.66. The number of non-ortho nitro benzene ring substituents is 1. The van der Waals surface area contributed by atoms with Crippen LogP contribution in [0.2, 0.25) is 0 Å². The zero-order valence-electron chi connectivity index (χ0n) is 8.18.